The van der Waals surface area contributed by atoms with Crippen LogP contribution in [0.1, 0.15) is 19.3 Å². The maximum absolute atomic E-state index is 5.53. The highest BCUT2D eigenvalue weighted by Gasteiger charge is 2.24. The first-order valence-electron chi connectivity index (χ1n) is 5.85. The third kappa shape index (κ3) is 2.69. The number of likely N-dealkylation sites (N-methyl/N-ethyl adjacent to an activating group) is 1. The van der Waals surface area contributed by atoms with E-state index in [0.717, 1.165) is 25.7 Å². The van der Waals surface area contributed by atoms with Crippen molar-refractivity contribution in [3.8, 4) is 0 Å². The predicted octanol–water partition coefficient (Wildman–Crippen LogP) is 0.707. The van der Waals surface area contributed by atoms with E-state index in [0.29, 0.717) is 6.04 Å². The number of hydrogen-bond acceptors (Lipinski definition) is 3. The largest absolute Gasteiger partial charge is 0.378 e. The maximum Gasteiger partial charge on any atom is 0.0622 e. The zero-order chi connectivity index (χ0) is 9.80. The van der Waals surface area contributed by atoms with Crippen molar-refractivity contribution in [2.75, 3.05) is 39.9 Å². The molecule has 2 heterocycles. The van der Waals surface area contributed by atoms with Crippen LogP contribution in [0.15, 0.2) is 0 Å². The van der Waals surface area contributed by atoms with Gasteiger partial charge in [0.2, 0.25) is 0 Å². The molecule has 82 valence electrons. The van der Waals surface area contributed by atoms with E-state index >= 15 is 0 Å². The van der Waals surface area contributed by atoms with E-state index in [9.17, 15) is 0 Å². The van der Waals surface area contributed by atoms with Crippen molar-refractivity contribution in [3.05, 3.63) is 0 Å². The first-order valence-corrected chi connectivity index (χ1v) is 5.85. The van der Waals surface area contributed by atoms with Gasteiger partial charge in [0.05, 0.1) is 13.2 Å². The topological polar surface area (TPSA) is 24.5 Å². The lowest BCUT2D eigenvalue weighted by Crippen LogP contribution is -2.45. The van der Waals surface area contributed by atoms with Crippen LogP contribution >= 0.6 is 0 Å². The summed E-state index contributed by atoms with van der Waals surface area (Å²) in [5.74, 6) is 0.873. The first kappa shape index (κ1) is 10.4. The normalized spacial score (nSPS) is 35.8. The monoisotopic (exact) mass is 198 g/mol. The van der Waals surface area contributed by atoms with E-state index in [1.165, 1.54) is 32.4 Å². The second-order valence-electron chi connectivity index (χ2n) is 4.66. The van der Waals surface area contributed by atoms with Crippen molar-refractivity contribution in [1.82, 2.24) is 10.2 Å². The molecule has 0 aromatic heterocycles. The Labute approximate surface area is 86.8 Å². The molecule has 14 heavy (non-hydrogen) atoms. The molecule has 0 amide bonds. The van der Waals surface area contributed by atoms with Gasteiger partial charge in [0.15, 0.2) is 0 Å². The van der Waals surface area contributed by atoms with Crippen LogP contribution in [0, 0.1) is 5.92 Å². The van der Waals surface area contributed by atoms with Gasteiger partial charge in [-0.15, -0.1) is 0 Å². The molecule has 0 aliphatic carbocycles. The SMILES string of the molecule is CN1CCOCC1CC1CCCNC1. The molecule has 0 spiro atoms. The van der Waals surface area contributed by atoms with Crippen LogP contribution in [0.4, 0.5) is 0 Å². The summed E-state index contributed by atoms with van der Waals surface area (Å²) in [4.78, 5) is 2.46. The molecule has 2 unspecified atom stereocenters. The fourth-order valence-corrected chi connectivity index (χ4v) is 2.50. The lowest BCUT2D eigenvalue weighted by atomic mass is 9.92. The lowest BCUT2D eigenvalue weighted by molar-refractivity contribution is -0.00413. The van der Waals surface area contributed by atoms with Crippen molar-refractivity contribution >= 4 is 0 Å². The minimum atomic E-state index is 0.661. The van der Waals surface area contributed by atoms with Crippen LogP contribution in [-0.2, 0) is 4.74 Å². The van der Waals surface area contributed by atoms with Crippen LogP contribution < -0.4 is 5.32 Å². The number of rotatable bonds is 2. The summed E-state index contributed by atoms with van der Waals surface area (Å²) in [6.45, 7) is 5.38. The molecule has 2 aliphatic heterocycles. The van der Waals surface area contributed by atoms with E-state index in [4.69, 9.17) is 4.74 Å². The Hall–Kier alpha value is -0.120. The van der Waals surface area contributed by atoms with Gasteiger partial charge in [0, 0.05) is 12.6 Å². The van der Waals surface area contributed by atoms with Crippen LogP contribution in [0.3, 0.4) is 0 Å². The summed E-state index contributed by atoms with van der Waals surface area (Å²) in [5, 5.41) is 3.48. The van der Waals surface area contributed by atoms with Crippen molar-refractivity contribution in [3.63, 3.8) is 0 Å². The van der Waals surface area contributed by atoms with Crippen LogP contribution in [0.2, 0.25) is 0 Å². The fourth-order valence-electron chi connectivity index (χ4n) is 2.50. The second-order valence-corrected chi connectivity index (χ2v) is 4.66. The molecule has 0 aromatic carbocycles. The van der Waals surface area contributed by atoms with Gasteiger partial charge >= 0.3 is 0 Å². The summed E-state index contributed by atoms with van der Waals surface area (Å²) in [6, 6.07) is 0.661. The summed E-state index contributed by atoms with van der Waals surface area (Å²) >= 11 is 0. The highest BCUT2D eigenvalue weighted by Crippen LogP contribution is 2.20. The molecule has 2 rings (SSSR count). The summed E-state index contributed by atoms with van der Waals surface area (Å²) < 4.78 is 5.53. The Kier molecular flexibility index (Phi) is 3.79. The van der Waals surface area contributed by atoms with E-state index in [1.807, 2.05) is 0 Å². The molecule has 3 heteroatoms. The molecule has 2 saturated heterocycles. The van der Waals surface area contributed by atoms with Crippen LogP contribution in [0.5, 0.6) is 0 Å². The van der Waals surface area contributed by atoms with Crippen LogP contribution in [-0.4, -0.2) is 50.8 Å². The van der Waals surface area contributed by atoms with Gasteiger partial charge in [-0.25, -0.2) is 0 Å². The number of nitrogens with one attached hydrogen (secondary N) is 1. The molecule has 1 N–H and O–H groups in total. The molecule has 3 nitrogen and oxygen atoms in total. The maximum atomic E-state index is 5.53. The third-order valence-electron chi connectivity index (χ3n) is 3.53. The summed E-state index contributed by atoms with van der Waals surface area (Å²) in [6.07, 6.45) is 4.06. The molecule has 2 aliphatic rings. The van der Waals surface area contributed by atoms with Crippen molar-refractivity contribution in [2.45, 2.75) is 25.3 Å². The van der Waals surface area contributed by atoms with Gasteiger partial charge in [-0.1, -0.05) is 0 Å². The Balaban J connectivity index is 1.76. The van der Waals surface area contributed by atoms with E-state index in [-0.39, 0.29) is 0 Å². The number of morpholine rings is 1. The lowest BCUT2D eigenvalue weighted by Gasteiger charge is -2.35. The smallest absolute Gasteiger partial charge is 0.0622 e. The summed E-state index contributed by atoms with van der Waals surface area (Å²) in [7, 11) is 2.23. The highest BCUT2D eigenvalue weighted by atomic mass is 16.5. The molecule has 0 saturated carbocycles. The number of ether oxygens (including phenoxy) is 1. The molecular weight excluding hydrogens is 176 g/mol. The Morgan fingerprint density at radius 3 is 3.14 bits per heavy atom. The fraction of sp³-hybridized carbons (Fsp3) is 1.00. The standard InChI is InChI=1S/C11H22N2O/c1-13-5-6-14-9-11(13)7-10-3-2-4-12-8-10/h10-12H,2-9H2,1H3. The quantitative estimate of drug-likeness (QED) is 0.707. The van der Waals surface area contributed by atoms with Crippen molar-refractivity contribution in [2.24, 2.45) is 5.92 Å². The predicted molar refractivity (Wildman–Crippen MR) is 57.4 cm³/mol. The summed E-state index contributed by atoms with van der Waals surface area (Å²) in [5.41, 5.74) is 0. The number of piperidine rings is 1. The molecule has 2 fully saturated rings. The van der Waals surface area contributed by atoms with Gasteiger partial charge in [-0.2, -0.15) is 0 Å². The Morgan fingerprint density at radius 2 is 2.43 bits per heavy atom. The molecule has 0 aromatic rings. The van der Waals surface area contributed by atoms with E-state index in [1.54, 1.807) is 0 Å². The zero-order valence-corrected chi connectivity index (χ0v) is 9.17. The number of hydrogen-bond donors (Lipinski definition) is 1. The average molecular weight is 198 g/mol. The third-order valence-corrected chi connectivity index (χ3v) is 3.53. The average Bonchev–Trinajstić information content (AvgIpc) is 2.23. The second kappa shape index (κ2) is 5.10. The van der Waals surface area contributed by atoms with Crippen LogP contribution in [0.25, 0.3) is 0 Å². The van der Waals surface area contributed by atoms with Gasteiger partial charge in [0.1, 0.15) is 0 Å². The molecule has 0 radical (unpaired) electrons. The molecule has 0 bridgehead atoms. The van der Waals surface area contributed by atoms with Gasteiger partial charge in [-0.05, 0) is 45.3 Å². The number of nitrogens with zero attached hydrogens (tertiary/aromatic N) is 1. The Bertz CT molecular complexity index is 169. The first-order chi connectivity index (χ1) is 6.86. The zero-order valence-electron chi connectivity index (χ0n) is 9.17. The van der Waals surface area contributed by atoms with E-state index < -0.39 is 0 Å². The molecule has 2 atom stereocenters. The van der Waals surface area contributed by atoms with E-state index in [2.05, 4.69) is 17.3 Å². The Morgan fingerprint density at radius 1 is 1.50 bits per heavy atom. The minimum absolute atomic E-state index is 0.661. The highest BCUT2D eigenvalue weighted by molar-refractivity contribution is 4.79. The van der Waals surface area contributed by atoms with Gasteiger partial charge < -0.3 is 10.1 Å². The van der Waals surface area contributed by atoms with Crippen molar-refractivity contribution < 1.29 is 4.74 Å². The van der Waals surface area contributed by atoms with Gasteiger partial charge in [0.25, 0.3) is 0 Å². The molecular formula is C11H22N2O. The van der Waals surface area contributed by atoms with Gasteiger partial charge in [-0.3, -0.25) is 4.90 Å². The minimum Gasteiger partial charge on any atom is -0.378 e. The van der Waals surface area contributed by atoms with Crippen molar-refractivity contribution in [1.29, 1.82) is 0 Å².